The summed E-state index contributed by atoms with van der Waals surface area (Å²) in [5.74, 6) is -0.188. The standard InChI is InChI=1S/C26H35ClN4O3S/c1-3-8-24(33)30-21(15-25-31-20-12-11-18(27)14-22(20)35-25)26(34)29-19(16-28-23(32)4-2)13-17-9-6-5-7-10-17/h4,11-12,14,17,19,21H,2-3,5-10,13,15-16H2,1H3,(H,28,32)(H,29,34)(H,30,33)/t19?,21-/m0/s1. The normalized spacial score (nSPS) is 15.8. The number of carbonyl (C=O) groups is 3. The molecule has 1 fully saturated rings. The first-order chi connectivity index (χ1) is 16.9. The van der Waals surface area contributed by atoms with Gasteiger partial charge >= 0.3 is 0 Å². The molecule has 0 spiro atoms. The number of halogens is 1. The lowest BCUT2D eigenvalue weighted by atomic mass is 9.84. The van der Waals surface area contributed by atoms with E-state index in [0.717, 1.165) is 34.5 Å². The van der Waals surface area contributed by atoms with E-state index in [4.69, 9.17) is 11.6 Å². The van der Waals surface area contributed by atoms with Crippen LogP contribution in [0.3, 0.4) is 0 Å². The number of thiazole rings is 1. The molecule has 0 radical (unpaired) electrons. The lowest BCUT2D eigenvalue weighted by Crippen LogP contribution is -2.53. The zero-order valence-electron chi connectivity index (χ0n) is 20.3. The van der Waals surface area contributed by atoms with E-state index in [9.17, 15) is 14.4 Å². The third-order valence-electron chi connectivity index (χ3n) is 6.30. The largest absolute Gasteiger partial charge is 0.351 e. The maximum Gasteiger partial charge on any atom is 0.243 e. The third-order valence-corrected chi connectivity index (χ3v) is 7.57. The van der Waals surface area contributed by atoms with Gasteiger partial charge in [-0.2, -0.15) is 0 Å². The molecule has 1 aliphatic rings. The molecule has 3 N–H and O–H groups in total. The molecule has 3 amide bonds. The monoisotopic (exact) mass is 518 g/mol. The van der Waals surface area contributed by atoms with Gasteiger partial charge in [-0.1, -0.05) is 57.2 Å². The van der Waals surface area contributed by atoms with Crippen LogP contribution in [0.2, 0.25) is 5.02 Å². The zero-order chi connectivity index (χ0) is 25.2. The third kappa shape index (κ3) is 8.61. The lowest BCUT2D eigenvalue weighted by molar-refractivity contribution is -0.129. The van der Waals surface area contributed by atoms with Crippen LogP contribution in [0.1, 0.15) is 63.3 Å². The summed E-state index contributed by atoms with van der Waals surface area (Å²) in [4.78, 5) is 42.3. The fraction of sp³-hybridized carbons (Fsp3) is 0.538. The van der Waals surface area contributed by atoms with Crippen molar-refractivity contribution < 1.29 is 14.4 Å². The van der Waals surface area contributed by atoms with E-state index in [1.54, 1.807) is 6.07 Å². The Labute approximate surface area is 216 Å². The number of aromatic nitrogens is 1. The maximum atomic E-state index is 13.4. The second kappa shape index (κ2) is 13.6. The van der Waals surface area contributed by atoms with Gasteiger partial charge in [-0.15, -0.1) is 11.3 Å². The van der Waals surface area contributed by atoms with Gasteiger partial charge in [0.2, 0.25) is 17.7 Å². The van der Waals surface area contributed by atoms with Gasteiger partial charge in [0, 0.05) is 30.5 Å². The summed E-state index contributed by atoms with van der Waals surface area (Å²) < 4.78 is 0.939. The fourth-order valence-corrected chi connectivity index (χ4v) is 5.82. The summed E-state index contributed by atoms with van der Waals surface area (Å²) in [6.45, 7) is 5.75. The summed E-state index contributed by atoms with van der Waals surface area (Å²) in [7, 11) is 0. The van der Waals surface area contributed by atoms with Crippen molar-refractivity contribution in [2.24, 2.45) is 5.92 Å². The fourth-order valence-electron chi connectivity index (χ4n) is 4.53. The van der Waals surface area contributed by atoms with Crippen molar-refractivity contribution in [3.05, 3.63) is 40.9 Å². The quantitative estimate of drug-likeness (QED) is 0.359. The van der Waals surface area contributed by atoms with Gasteiger partial charge in [-0.3, -0.25) is 14.4 Å². The van der Waals surface area contributed by atoms with Crippen molar-refractivity contribution >= 4 is 50.9 Å². The summed E-state index contributed by atoms with van der Waals surface area (Å²) in [5, 5.41) is 10.2. The molecule has 35 heavy (non-hydrogen) atoms. The second-order valence-electron chi connectivity index (χ2n) is 9.19. The van der Waals surface area contributed by atoms with Crippen molar-refractivity contribution in [2.45, 2.75) is 76.8 Å². The zero-order valence-corrected chi connectivity index (χ0v) is 21.9. The van der Waals surface area contributed by atoms with Crippen LogP contribution in [0.25, 0.3) is 10.2 Å². The smallest absolute Gasteiger partial charge is 0.243 e. The number of amides is 3. The van der Waals surface area contributed by atoms with Gasteiger partial charge in [0.05, 0.1) is 15.2 Å². The van der Waals surface area contributed by atoms with Gasteiger partial charge in [0.25, 0.3) is 0 Å². The highest BCUT2D eigenvalue weighted by Crippen LogP contribution is 2.28. The van der Waals surface area contributed by atoms with E-state index in [1.165, 1.54) is 36.7 Å². The Morgan fingerprint density at radius 2 is 2.00 bits per heavy atom. The molecule has 2 atom stereocenters. The van der Waals surface area contributed by atoms with Crippen LogP contribution in [0.4, 0.5) is 0 Å². The number of fused-ring (bicyclic) bond motifs is 1. The second-order valence-corrected chi connectivity index (χ2v) is 10.7. The highest BCUT2D eigenvalue weighted by Gasteiger charge is 2.27. The molecular formula is C26H35ClN4O3S. The topological polar surface area (TPSA) is 100 Å². The van der Waals surface area contributed by atoms with Crippen LogP contribution in [0.15, 0.2) is 30.9 Å². The summed E-state index contributed by atoms with van der Waals surface area (Å²) in [5.41, 5.74) is 0.816. The van der Waals surface area contributed by atoms with Crippen LogP contribution < -0.4 is 16.0 Å². The van der Waals surface area contributed by atoms with Crippen LogP contribution in [0.5, 0.6) is 0 Å². The van der Waals surface area contributed by atoms with Crippen LogP contribution >= 0.6 is 22.9 Å². The molecule has 1 aromatic heterocycles. The molecule has 9 heteroatoms. The molecule has 1 aromatic carbocycles. The summed E-state index contributed by atoms with van der Waals surface area (Å²) >= 11 is 7.58. The van der Waals surface area contributed by atoms with Gasteiger partial charge in [0.15, 0.2) is 0 Å². The van der Waals surface area contributed by atoms with E-state index in [1.807, 2.05) is 19.1 Å². The molecule has 1 saturated carbocycles. The van der Waals surface area contributed by atoms with Crippen molar-refractivity contribution in [1.29, 1.82) is 0 Å². The first-order valence-corrected chi connectivity index (χ1v) is 13.6. The van der Waals surface area contributed by atoms with Gasteiger partial charge in [-0.05, 0) is 43.0 Å². The van der Waals surface area contributed by atoms with E-state index in [-0.39, 0.29) is 30.2 Å². The average molecular weight is 519 g/mol. The minimum atomic E-state index is -0.756. The Morgan fingerprint density at radius 3 is 2.71 bits per heavy atom. The molecule has 1 unspecified atom stereocenters. The number of nitrogens with one attached hydrogen (secondary N) is 3. The average Bonchev–Trinajstić information content (AvgIpc) is 3.24. The maximum absolute atomic E-state index is 13.4. The summed E-state index contributed by atoms with van der Waals surface area (Å²) in [6, 6.07) is 4.51. The first-order valence-electron chi connectivity index (χ1n) is 12.4. The molecule has 0 aliphatic heterocycles. The number of hydrogen-bond acceptors (Lipinski definition) is 5. The van der Waals surface area contributed by atoms with E-state index in [2.05, 4.69) is 27.5 Å². The number of rotatable bonds is 12. The van der Waals surface area contributed by atoms with Gasteiger partial charge in [0.1, 0.15) is 6.04 Å². The predicted octanol–water partition coefficient (Wildman–Crippen LogP) is 4.53. The molecule has 0 saturated heterocycles. The Balaban J connectivity index is 1.74. The van der Waals surface area contributed by atoms with Gasteiger partial charge < -0.3 is 16.0 Å². The first kappa shape index (κ1) is 27.1. The Bertz CT molecular complexity index is 1030. The summed E-state index contributed by atoms with van der Waals surface area (Å²) in [6.07, 6.45) is 9.25. The SMILES string of the molecule is C=CC(=O)NCC(CC1CCCCC1)NC(=O)[C@H](Cc1nc2ccc(Cl)cc2s1)NC(=O)CCC. The highest BCUT2D eigenvalue weighted by molar-refractivity contribution is 7.18. The molecule has 190 valence electrons. The lowest BCUT2D eigenvalue weighted by Gasteiger charge is -2.28. The Kier molecular flexibility index (Phi) is 10.5. The van der Waals surface area contributed by atoms with Crippen LogP contribution in [-0.4, -0.2) is 41.3 Å². The predicted molar refractivity (Wildman–Crippen MR) is 142 cm³/mol. The molecule has 2 aromatic rings. The van der Waals surface area contributed by atoms with E-state index < -0.39 is 6.04 Å². The molecular weight excluding hydrogens is 484 g/mol. The van der Waals surface area contributed by atoms with Crippen molar-refractivity contribution in [3.63, 3.8) is 0 Å². The van der Waals surface area contributed by atoms with Crippen molar-refractivity contribution in [1.82, 2.24) is 20.9 Å². The number of carbonyl (C=O) groups excluding carboxylic acids is 3. The highest BCUT2D eigenvalue weighted by atomic mass is 35.5. The minimum absolute atomic E-state index is 0.166. The number of hydrogen-bond donors (Lipinski definition) is 3. The van der Waals surface area contributed by atoms with E-state index >= 15 is 0 Å². The van der Waals surface area contributed by atoms with E-state index in [0.29, 0.717) is 30.3 Å². The van der Waals surface area contributed by atoms with Crippen LogP contribution in [-0.2, 0) is 20.8 Å². The molecule has 3 rings (SSSR count). The molecule has 1 heterocycles. The Morgan fingerprint density at radius 1 is 1.23 bits per heavy atom. The minimum Gasteiger partial charge on any atom is -0.351 e. The van der Waals surface area contributed by atoms with Crippen LogP contribution in [0, 0.1) is 5.92 Å². The van der Waals surface area contributed by atoms with Gasteiger partial charge in [-0.25, -0.2) is 4.98 Å². The molecule has 7 nitrogen and oxygen atoms in total. The van der Waals surface area contributed by atoms with Crippen molar-refractivity contribution in [2.75, 3.05) is 6.54 Å². The molecule has 0 bridgehead atoms. The number of nitrogens with zero attached hydrogens (tertiary/aromatic N) is 1. The molecule has 1 aliphatic carbocycles. The number of benzene rings is 1. The Hall–Kier alpha value is -2.45. The van der Waals surface area contributed by atoms with Crippen molar-refractivity contribution in [3.8, 4) is 0 Å².